The highest BCUT2D eigenvalue weighted by molar-refractivity contribution is 5.82. The molecule has 2 heteroatoms. The molecule has 0 aromatic carbocycles. The van der Waals surface area contributed by atoms with E-state index >= 15 is 0 Å². The molecular formula is C17H30N2. The molecule has 1 saturated heterocycles. The normalized spacial score (nSPS) is 36.1. The summed E-state index contributed by atoms with van der Waals surface area (Å²) in [6.07, 6.45) is 16.9. The summed E-state index contributed by atoms with van der Waals surface area (Å²) in [5.74, 6) is 3.25. The van der Waals surface area contributed by atoms with Gasteiger partial charge in [-0.05, 0) is 37.5 Å². The highest BCUT2D eigenvalue weighted by Gasteiger charge is 2.34. The maximum atomic E-state index is 5.16. The van der Waals surface area contributed by atoms with Crippen LogP contribution in [0.3, 0.4) is 0 Å². The molecule has 0 aromatic rings. The fraction of sp³-hybridized carbons (Fsp3) is 0.941. The van der Waals surface area contributed by atoms with E-state index in [9.17, 15) is 0 Å². The van der Waals surface area contributed by atoms with Gasteiger partial charge < -0.3 is 5.32 Å². The highest BCUT2D eigenvalue weighted by Crippen LogP contribution is 2.41. The average molecular weight is 262 g/mol. The van der Waals surface area contributed by atoms with Crippen LogP contribution in [0.4, 0.5) is 0 Å². The van der Waals surface area contributed by atoms with Crippen molar-refractivity contribution in [2.24, 2.45) is 16.8 Å². The first-order valence-corrected chi connectivity index (χ1v) is 8.74. The molecule has 3 rings (SSSR count). The Bertz CT molecular complexity index is 294. The predicted molar refractivity (Wildman–Crippen MR) is 81.6 cm³/mol. The quantitative estimate of drug-likeness (QED) is 0.788. The van der Waals surface area contributed by atoms with Crippen molar-refractivity contribution in [2.75, 3.05) is 6.54 Å². The van der Waals surface area contributed by atoms with Gasteiger partial charge in [-0.1, -0.05) is 44.9 Å². The molecule has 108 valence electrons. The highest BCUT2D eigenvalue weighted by atomic mass is 15.0. The van der Waals surface area contributed by atoms with Gasteiger partial charge in [-0.15, -0.1) is 0 Å². The van der Waals surface area contributed by atoms with Crippen molar-refractivity contribution in [3.8, 4) is 0 Å². The minimum atomic E-state index is 0.656. The fourth-order valence-corrected chi connectivity index (χ4v) is 4.47. The van der Waals surface area contributed by atoms with Crippen molar-refractivity contribution in [3.63, 3.8) is 0 Å². The summed E-state index contributed by atoms with van der Waals surface area (Å²) in [6, 6.07) is 0.656. The Balaban J connectivity index is 1.63. The van der Waals surface area contributed by atoms with Crippen LogP contribution in [0.1, 0.15) is 77.0 Å². The molecule has 0 amide bonds. The standard InChI is InChI=1S/C17H30N2/c1-3-8-14(9-4-1)15-10-7-11-16(15)19-17-12-5-2-6-13-18-17/h14-16H,1-13H2,(H,18,19)/t15-,16-/m1/s1. The minimum Gasteiger partial charge on any atom is -0.374 e. The molecule has 0 aromatic heterocycles. The van der Waals surface area contributed by atoms with Gasteiger partial charge in [0.05, 0.1) is 11.9 Å². The Morgan fingerprint density at radius 2 is 1.63 bits per heavy atom. The Morgan fingerprint density at radius 1 is 0.789 bits per heavy atom. The third-order valence-electron chi connectivity index (χ3n) is 5.53. The molecule has 2 saturated carbocycles. The van der Waals surface area contributed by atoms with Gasteiger partial charge in [0.15, 0.2) is 0 Å². The monoisotopic (exact) mass is 262 g/mol. The van der Waals surface area contributed by atoms with Crippen molar-refractivity contribution in [1.29, 1.82) is 0 Å². The summed E-state index contributed by atoms with van der Waals surface area (Å²) in [5.41, 5.74) is 0. The molecule has 0 bridgehead atoms. The van der Waals surface area contributed by atoms with Crippen LogP contribution in [0.15, 0.2) is 4.99 Å². The van der Waals surface area contributed by atoms with Crippen LogP contribution in [0.25, 0.3) is 0 Å². The van der Waals surface area contributed by atoms with E-state index in [0.29, 0.717) is 6.04 Å². The van der Waals surface area contributed by atoms with Crippen LogP contribution < -0.4 is 5.32 Å². The van der Waals surface area contributed by atoms with E-state index in [-0.39, 0.29) is 0 Å². The number of hydrogen-bond donors (Lipinski definition) is 1. The summed E-state index contributed by atoms with van der Waals surface area (Å²) < 4.78 is 0. The second-order valence-electron chi connectivity index (χ2n) is 6.87. The Kier molecular flexibility index (Phi) is 4.79. The van der Waals surface area contributed by atoms with Gasteiger partial charge in [-0.25, -0.2) is 0 Å². The van der Waals surface area contributed by atoms with E-state index in [2.05, 4.69) is 5.32 Å². The number of hydrogen-bond acceptors (Lipinski definition) is 1. The minimum absolute atomic E-state index is 0.656. The molecular weight excluding hydrogens is 232 g/mol. The van der Waals surface area contributed by atoms with Gasteiger partial charge in [-0.2, -0.15) is 0 Å². The average Bonchev–Trinajstić information content (AvgIpc) is 2.75. The van der Waals surface area contributed by atoms with E-state index in [4.69, 9.17) is 4.99 Å². The number of rotatable bonds is 2. The number of nitrogens with zero attached hydrogens (tertiary/aromatic N) is 1. The molecule has 1 heterocycles. The zero-order chi connectivity index (χ0) is 12.9. The first-order valence-electron chi connectivity index (χ1n) is 8.74. The second-order valence-corrected chi connectivity index (χ2v) is 6.87. The summed E-state index contributed by atoms with van der Waals surface area (Å²) >= 11 is 0. The van der Waals surface area contributed by atoms with Crippen LogP contribution in [0.5, 0.6) is 0 Å². The Hall–Kier alpha value is -0.530. The van der Waals surface area contributed by atoms with Gasteiger partial charge in [-0.3, -0.25) is 4.99 Å². The molecule has 1 aliphatic heterocycles. The number of aliphatic imine (C=N–C) groups is 1. The maximum absolute atomic E-state index is 5.16. The molecule has 3 aliphatic rings. The Morgan fingerprint density at radius 3 is 2.53 bits per heavy atom. The van der Waals surface area contributed by atoms with Crippen LogP contribution in [0.2, 0.25) is 0 Å². The molecule has 1 N–H and O–H groups in total. The number of nitrogens with one attached hydrogen (secondary N) is 1. The van der Waals surface area contributed by atoms with Gasteiger partial charge in [0.25, 0.3) is 0 Å². The van der Waals surface area contributed by atoms with Gasteiger partial charge in [0.1, 0.15) is 0 Å². The van der Waals surface area contributed by atoms with Crippen LogP contribution in [0, 0.1) is 11.8 Å². The lowest BCUT2D eigenvalue weighted by Gasteiger charge is -2.30. The largest absolute Gasteiger partial charge is 0.374 e. The predicted octanol–water partition coefficient (Wildman–Crippen LogP) is 4.30. The summed E-state index contributed by atoms with van der Waals surface area (Å²) in [5, 5.41) is 3.58. The number of amidine groups is 1. The van der Waals surface area contributed by atoms with Crippen LogP contribution >= 0.6 is 0 Å². The lowest BCUT2D eigenvalue weighted by molar-refractivity contribution is 0.235. The van der Waals surface area contributed by atoms with E-state index in [1.165, 1.54) is 82.9 Å². The smallest absolute Gasteiger partial charge is 0.0966 e. The zero-order valence-electron chi connectivity index (χ0n) is 12.4. The molecule has 2 aliphatic carbocycles. The van der Waals surface area contributed by atoms with E-state index in [1.54, 1.807) is 0 Å². The second kappa shape index (κ2) is 6.76. The molecule has 0 radical (unpaired) electrons. The first-order chi connectivity index (χ1) is 9.43. The lowest BCUT2D eigenvalue weighted by atomic mass is 9.78. The van der Waals surface area contributed by atoms with Crippen molar-refractivity contribution in [2.45, 2.75) is 83.1 Å². The molecule has 0 spiro atoms. The van der Waals surface area contributed by atoms with Crippen molar-refractivity contribution < 1.29 is 0 Å². The fourth-order valence-electron chi connectivity index (χ4n) is 4.47. The topological polar surface area (TPSA) is 24.4 Å². The van der Waals surface area contributed by atoms with Gasteiger partial charge in [0.2, 0.25) is 0 Å². The molecule has 2 nitrogen and oxygen atoms in total. The summed E-state index contributed by atoms with van der Waals surface area (Å²) in [4.78, 5) is 5.16. The molecule has 2 atom stereocenters. The lowest BCUT2D eigenvalue weighted by Crippen LogP contribution is -2.28. The molecule has 19 heavy (non-hydrogen) atoms. The van der Waals surface area contributed by atoms with E-state index in [1.807, 2.05) is 0 Å². The van der Waals surface area contributed by atoms with Crippen LogP contribution in [-0.2, 0) is 0 Å². The van der Waals surface area contributed by atoms with Gasteiger partial charge in [0, 0.05) is 13.0 Å². The SMILES string of the molecule is C1CCNC(=N[C@@H]2CCC[C@@H]2C2CCCCC2)CC1. The summed E-state index contributed by atoms with van der Waals surface area (Å²) in [7, 11) is 0. The van der Waals surface area contributed by atoms with E-state index in [0.717, 1.165) is 18.4 Å². The Labute approximate surface area is 118 Å². The zero-order valence-corrected chi connectivity index (χ0v) is 12.4. The van der Waals surface area contributed by atoms with Crippen molar-refractivity contribution >= 4 is 5.84 Å². The third kappa shape index (κ3) is 3.52. The van der Waals surface area contributed by atoms with E-state index < -0.39 is 0 Å². The third-order valence-corrected chi connectivity index (χ3v) is 5.53. The van der Waals surface area contributed by atoms with Crippen molar-refractivity contribution in [1.82, 2.24) is 5.32 Å². The van der Waals surface area contributed by atoms with Crippen LogP contribution in [-0.4, -0.2) is 18.4 Å². The van der Waals surface area contributed by atoms with Crippen molar-refractivity contribution in [3.05, 3.63) is 0 Å². The first kappa shape index (κ1) is 13.5. The maximum Gasteiger partial charge on any atom is 0.0966 e. The molecule has 3 fully saturated rings. The molecule has 0 unspecified atom stereocenters. The van der Waals surface area contributed by atoms with Gasteiger partial charge >= 0.3 is 0 Å². The summed E-state index contributed by atoms with van der Waals surface area (Å²) in [6.45, 7) is 1.15.